The summed E-state index contributed by atoms with van der Waals surface area (Å²) in [5, 5.41) is 8.60. The quantitative estimate of drug-likeness (QED) is 0.826. The van der Waals surface area contributed by atoms with Gasteiger partial charge in [0, 0.05) is 13.5 Å². The van der Waals surface area contributed by atoms with Crippen molar-refractivity contribution in [3.05, 3.63) is 30.1 Å². The Kier molecular flexibility index (Phi) is 2.41. The minimum Gasteiger partial charge on any atom is -0.481 e. The Hall–Kier alpha value is -1.84. The summed E-state index contributed by atoms with van der Waals surface area (Å²) in [4.78, 5) is 14.8. The van der Waals surface area contributed by atoms with Gasteiger partial charge in [0.05, 0.1) is 17.5 Å². The van der Waals surface area contributed by atoms with Crippen molar-refractivity contribution >= 4 is 17.0 Å². The third kappa shape index (κ3) is 1.83. The van der Waals surface area contributed by atoms with Gasteiger partial charge in [-0.05, 0) is 12.1 Å². The van der Waals surface area contributed by atoms with Crippen LogP contribution in [0, 0.1) is 0 Å². The van der Waals surface area contributed by atoms with E-state index < -0.39 is 5.97 Å². The van der Waals surface area contributed by atoms with Crippen molar-refractivity contribution < 1.29 is 9.90 Å². The Balaban J connectivity index is 2.36. The summed E-state index contributed by atoms with van der Waals surface area (Å²) >= 11 is 0. The van der Waals surface area contributed by atoms with Crippen molar-refractivity contribution in [2.24, 2.45) is 7.05 Å². The lowest BCUT2D eigenvalue weighted by Gasteiger charge is -1.99. The molecule has 1 aromatic carbocycles. The second-order valence-electron chi connectivity index (χ2n) is 3.47. The first kappa shape index (κ1) is 9.71. The van der Waals surface area contributed by atoms with Crippen LogP contribution in [0.25, 0.3) is 11.0 Å². The first-order valence-corrected chi connectivity index (χ1v) is 4.80. The molecule has 2 aromatic rings. The van der Waals surface area contributed by atoms with Crippen LogP contribution in [-0.2, 0) is 18.3 Å². The maximum Gasteiger partial charge on any atom is 0.303 e. The van der Waals surface area contributed by atoms with Crippen LogP contribution in [0.2, 0.25) is 0 Å². The zero-order chi connectivity index (χ0) is 10.8. The number of hydrogen-bond acceptors (Lipinski definition) is 2. The largest absolute Gasteiger partial charge is 0.481 e. The number of nitrogens with zero attached hydrogens (tertiary/aromatic N) is 2. The van der Waals surface area contributed by atoms with E-state index in [1.807, 2.05) is 35.9 Å². The number of benzene rings is 1. The molecule has 2 rings (SSSR count). The summed E-state index contributed by atoms with van der Waals surface area (Å²) < 4.78 is 1.94. The van der Waals surface area contributed by atoms with Crippen molar-refractivity contribution in [3.63, 3.8) is 0 Å². The molecule has 0 unspecified atom stereocenters. The molecule has 0 fully saturated rings. The summed E-state index contributed by atoms with van der Waals surface area (Å²) in [6, 6.07) is 7.79. The van der Waals surface area contributed by atoms with Gasteiger partial charge in [-0.15, -0.1) is 0 Å². The molecule has 0 aliphatic rings. The normalized spacial score (nSPS) is 10.7. The van der Waals surface area contributed by atoms with Gasteiger partial charge in [0.2, 0.25) is 0 Å². The number of carbonyl (C=O) groups is 1. The zero-order valence-corrected chi connectivity index (χ0v) is 8.47. The molecule has 15 heavy (non-hydrogen) atoms. The fourth-order valence-electron chi connectivity index (χ4n) is 1.64. The average Bonchev–Trinajstić information content (AvgIpc) is 2.54. The maximum atomic E-state index is 10.5. The van der Waals surface area contributed by atoms with Gasteiger partial charge in [-0.25, -0.2) is 4.98 Å². The molecule has 0 aliphatic carbocycles. The predicted molar refractivity (Wildman–Crippen MR) is 56.7 cm³/mol. The van der Waals surface area contributed by atoms with Gasteiger partial charge in [0.15, 0.2) is 0 Å². The van der Waals surface area contributed by atoms with E-state index in [1.165, 1.54) is 0 Å². The van der Waals surface area contributed by atoms with Crippen LogP contribution >= 0.6 is 0 Å². The highest BCUT2D eigenvalue weighted by Gasteiger charge is 2.08. The first-order chi connectivity index (χ1) is 7.18. The molecular formula is C11H12N2O2. The highest BCUT2D eigenvalue weighted by Crippen LogP contribution is 2.14. The van der Waals surface area contributed by atoms with Gasteiger partial charge in [-0.3, -0.25) is 4.79 Å². The number of imidazole rings is 1. The monoisotopic (exact) mass is 204 g/mol. The SMILES string of the molecule is Cn1c(CCC(=O)O)nc2ccccc21. The third-order valence-corrected chi connectivity index (χ3v) is 2.44. The van der Waals surface area contributed by atoms with Crippen LogP contribution in [0.15, 0.2) is 24.3 Å². The summed E-state index contributed by atoms with van der Waals surface area (Å²) in [5.74, 6) is 0.0284. The Bertz CT molecular complexity index is 502. The van der Waals surface area contributed by atoms with Gasteiger partial charge < -0.3 is 9.67 Å². The lowest BCUT2D eigenvalue weighted by molar-refractivity contribution is -0.137. The Morgan fingerprint density at radius 2 is 2.20 bits per heavy atom. The number of fused-ring (bicyclic) bond motifs is 1. The van der Waals surface area contributed by atoms with Crippen LogP contribution in [0.5, 0.6) is 0 Å². The molecule has 0 spiro atoms. The van der Waals surface area contributed by atoms with E-state index in [0.29, 0.717) is 6.42 Å². The summed E-state index contributed by atoms with van der Waals surface area (Å²) in [6.45, 7) is 0. The van der Waals surface area contributed by atoms with E-state index in [9.17, 15) is 4.79 Å². The molecule has 1 heterocycles. The lowest BCUT2D eigenvalue weighted by Crippen LogP contribution is -2.03. The maximum absolute atomic E-state index is 10.5. The van der Waals surface area contributed by atoms with Crippen LogP contribution in [0.4, 0.5) is 0 Å². The summed E-state index contributed by atoms with van der Waals surface area (Å²) in [7, 11) is 1.91. The van der Waals surface area contributed by atoms with E-state index >= 15 is 0 Å². The van der Waals surface area contributed by atoms with E-state index in [4.69, 9.17) is 5.11 Å². The minimum atomic E-state index is -0.790. The smallest absolute Gasteiger partial charge is 0.303 e. The Labute approximate surface area is 87.2 Å². The molecule has 0 radical (unpaired) electrons. The molecule has 0 saturated carbocycles. The molecule has 4 nitrogen and oxygen atoms in total. The van der Waals surface area contributed by atoms with Crippen LogP contribution in [0.1, 0.15) is 12.2 Å². The Morgan fingerprint density at radius 1 is 1.47 bits per heavy atom. The number of para-hydroxylation sites is 2. The van der Waals surface area contributed by atoms with Crippen LogP contribution in [-0.4, -0.2) is 20.6 Å². The van der Waals surface area contributed by atoms with Gasteiger partial charge in [-0.1, -0.05) is 12.1 Å². The molecular weight excluding hydrogens is 192 g/mol. The zero-order valence-electron chi connectivity index (χ0n) is 8.47. The molecule has 4 heteroatoms. The molecule has 0 atom stereocenters. The average molecular weight is 204 g/mol. The highest BCUT2D eigenvalue weighted by atomic mass is 16.4. The van der Waals surface area contributed by atoms with E-state index in [1.54, 1.807) is 0 Å². The van der Waals surface area contributed by atoms with Crippen molar-refractivity contribution in [3.8, 4) is 0 Å². The van der Waals surface area contributed by atoms with Crippen molar-refractivity contribution in [1.29, 1.82) is 0 Å². The standard InChI is InChI=1S/C11H12N2O2/c1-13-9-5-3-2-4-8(9)12-10(13)6-7-11(14)15/h2-5H,6-7H2,1H3,(H,14,15). The Morgan fingerprint density at radius 3 is 2.87 bits per heavy atom. The first-order valence-electron chi connectivity index (χ1n) is 4.80. The van der Waals surface area contributed by atoms with Crippen molar-refractivity contribution in [2.45, 2.75) is 12.8 Å². The minimum absolute atomic E-state index is 0.122. The second kappa shape index (κ2) is 3.73. The van der Waals surface area contributed by atoms with Gasteiger partial charge in [0.1, 0.15) is 5.82 Å². The number of carboxylic acid groups (broad SMARTS) is 1. The highest BCUT2D eigenvalue weighted by molar-refractivity contribution is 5.76. The van der Waals surface area contributed by atoms with Crippen LogP contribution < -0.4 is 0 Å². The van der Waals surface area contributed by atoms with Crippen LogP contribution in [0.3, 0.4) is 0 Å². The summed E-state index contributed by atoms with van der Waals surface area (Å²) in [6.07, 6.45) is 0.595. The van der Waals surface area contributed by atoms with Gasteiger partial charge >= 0.3 is 5.97 Å². The number of aromatic nitrogens is 2. The fourth-order valence-corrected chi connectivity index (χ4v) is 1.64. The molecule has 78 valence electrons. The molecule has 0 bridgehead atoms. The second-order valence-corrected chi connectivity index (χ2v) is 3.47. The number of aryl methyl sites for hydroxylation is 2. The molecule has 1 N–H and O–H groups in total. The third-order valence-electron chi connectivity index (χ3n) is 2.44. The summed E-state index contributed by atoms with van der Waals surface area (Å²) in [5.41, 5.74) is 1.96. The molecule has 1 aromatic heterocycles. The topological polar surface area (TPSA) is 55.1 Å². The number of carboxylic acids is 1. The number of rotatable bonds is 3. The van der Waals surface area contributed by atoms with Gasteiger partial charge in [-0.2, -0.15) is 0 Å². The van der Waals surface area contributed by atoms with E-state index in [2.05, 4.69) is 4.98 Å². The number of aliphatic carboxylic acids is 1. The molecule has 0 aliphatic heterocycles. The van der Waals surface area contributed by atoms with Gasteiger partial charge in [0.25, 0.3) is 0 Å². The van der Waals surface area contributed by atoms with Crippen molar-refractivity contribution in [2.75, 3.05) is 0 Å². The van der Waals surface area contributed by atoms with E-state index in [0.717, 1.165) is 16.9 Å². The fraction of sp³-hybridized carbons (Fsp3) is 0.273. The van der Waals surface area contributed by atoms with Crippen molar-refractivity contribution in [1.82, 2.24) is 9.55 Å². The molecule has 0 amide bonds. The van der Waals surface area contributed by atoms with E-state index in [-0.39, 0.29) is 6.42 Å². The predicted octanol–water partition coefficient (Wildman–Crippen LogP) is 1.59. The number of hydrogen-bond donors (Lipinski definition) is 1. The lowest BCUT2D eigenvalue weighted by atomic mass is 10.3. The molecule has 0 saturated heterocycles.